The molecule has 33 heavy (non-hydrogen) atoms. The summed E-state index contributed by atoms with van der Waals surface area (Å²) >= 11 is 0. The van der Waals surface area contributed by atoms with Crippen molar-refractivity contribution in [2.45, 2.75) is 32.9 Å². The summed E-state index contributed by atoms with van der Waals surface area (Å²) in [6.07, 6.45) is -0.00393. The maximum Gasteiger partial charge on any atom is 0.301 e. The van der Waals surface area contributed by atoms with Crippen LogP contribution >= 0.6 is 0 Å². The highest BCUT2D eigenvalue weighted by Crippen LogP contribution is 2.42. The summed E-state index contributed by atoms with van der Waals surface area (Å²) in [6, 6.07) is 14.3. The smallest absolute Gasteiger partial charge is 0.301 e. The molecule has 1 aromatic heterocycles. The zero-order valence-corrected chi connectivity index (χ0v) is 18.7. The number of hydrogen-bond acceptors (Lipinski definition) is 7. The third-order valence-electron chi connectivity index (χ3n) is 5.24. The molecule has 1 N–H and O–H groups in total. The molecule has 1 saturated heterocycles. The van der Waals surface area contributed by atoms with Crippen LogP contribution in [0.3, 0.4) is 0 Å². The Hall–Kier alpha value is -4.07. The first-order chi connectivity index (χ1) is 15.8. The number of aliphatic hydroxyl groups is 1. The minimum absolute atomic E-state index is 0.00393. The number of nitrogens with zero attached hydrogens (tertiary/aromatic N) is 2. The van der Waals surface area contributed by atoms with Gasteiger partial charge in [0, 0.05) is 11.6 Å². The Morgan fingerprint density at radius 1 is 1.06 bits per heavy atom. The average molecular weight is 448 g/mol. The third kappa shape index (κ3) is 4.19. The quantitative estimate of drug-likeness (QED) is 0.339. The van der Waals surface area contributed by atoms with Crippen molar-refractivity contribution in [3.8, 4) is 11.5 Å². The van der Waals surface area contributed by atoms with Crippen molar-refractivity contribution in [3.63, 3.8) is 0 Å². The van der Waals surface area contributed by atoms with Crippen molar-refractivity contribution in [3.05, 3.63) is 77.1 Å². The molecule has 1 aliphatic heterocycles. The summed E-state index contributed by atoms with van der Waals surface area (Å²) in [7, 11) is 1.55. The fourth-order valence-electron chi connectivity index (χ4n) is 3.76. The van der Waals surface area contributed by atoms with E-state index in [-0.39, 0.29) is 23.3 Å². The van der Waals surface area contributed by atoms with E-state index in [2.05, 4.69) is 5.16 Å². The van der Waals surface area contributed by atoms with Gasteiger partial charge in [0.1, 0.15) is 23.0 Å². The molecule has 1 fully saturated rings. The zero-order valence-electron chi connectivity index (χ0n) is 18.7. The number of rotatable bonds is 6. The van der Waals surface area contributed by atoms with Gasteiger partial charge in [0.05, 0.1) is 24.8 Å². The fraction of sp³-hybridized carbons (Fsp3) is 0.240. The first kappa shape index (κ1) is 22.1. The Morgan fingerprint density at radius 3 is 2.24 bits per heavy atom. The molecule has 1 aliphatic rings. The molecule has 1 atom stereocenters. The van der Waals surface area contributed by atoms with Gasteiger partial charge in [-0.3, -0.25) is 14.5 Å². The number of aliphatic hydroxyl groups excluding tert-OH is 1. The summed E-state index contributed by atoms with van der Waals surface area (Å²) in [4.78, 5) is 27.4. The van der Waals surface area contributed by atoms with E-state index in [1.807, 2.05) is 13.8 Å². The molecule has 0 bridgehead atoms. The van der Waals surface area contributed by atoms with E-state index in [4.69, 9.17) is 14.0 Å². The maximum atomic E-state index is 13.1. The van der Waals surface area contributed by atoms with Gasteiger partial charge in [-0.2, -0.15) is 0 Å². The Bertz CT molecular complexity index is 1210. The molecule has 2 aromatic carbocycles. The number of Topliss-reactive ketones (excluding diaryl/α,β-unsaturated/α-hetero) is 1. The summed E-state index contributed by atoms with van der Waals surface area (Å²) < 4.78 is 16.0. The SMILES string of the molecule is COc1ccc([C@H]2C(=C(O)c3ccc(OC(C)C)cc3)C(=O)C(=O)N2c2cc(C)on2)cc1. The highest BCUT2D eigenvalue weighted by Gasteiger charge is 2.48. The number of ether oxygens (including phenoxy) is 2. The molecular formula is C25H24N2O6. The number of carbonyl (C=O) groups excluding carboxylic acids is 2. The summed E-state index contributed by atoms with van der Waals surface area (Å²) in [6.45, 7) is 5.52. The van der Waals surface area contributed by atoms with E-state index in [0.29, 0.717) is 28.4 Å². The van der Waals surface area contributed by atoms with Crippen LogP contribution in [0.1, 0.15) is 36.8 Å². The van der Waals surface area contributed by atoms with E-state index in [9.17, 15) is 14.7 Å². The molecule has 0 saturated carbocycles. The van der Waals surface area contributed by atoms with Gasteiger partial charge in [-0.25, -0.2) is 0 Å². The number of carbonyl (C=O) groups is 2. The molecule has 0 spiro atoms. The molecule has 0 aliphatic carbocycles. The van der Waals surface area contributed by atoms with Gasteiger partial charge in [-0.15, -0.1) is 0 Å². The predicted molar refractivity (Wildman–Crippen MR) is 121 cm³/mol. The number of anilines is 1. The van der Waals surface area contributed by atoms with E-state index in [0.717, 1.165) is 0 Å². The largest absolute Gasteiger partial charge is 0.507 e. The number of aromatic nitrogens is 1. The van der Waals surface area contributed by atoms with Crippen LogP contribution in [0, 0.1) is 6.92 Å². The second kappa shape index (κ2) is 8.82. The maximum absolute atomic E-state index is 13.1. The van der Waals surface area contributed by atoms with Crippen LogP contribution in [-0.2, 0) is 9.59 Å². The second-order valence-corrected chi connectivity index (χ2v) is 7.93. The summed E-state index contributed by atoms with van der Waals surface area (Å²) in [5.41, 5.74) is 0.958. The third-order valence-corrected chi connectivity index (χ3v) is 5.24. The van der Waals surface area contributed by atoms with Gasteiger partial charge < -0.3 is 19.1 Å². The molecule has 0 radical (unpaired) electrons. The number of amides is 1. The zero-order chi connectivity index (χ0) is 23.7. The van der Waals surface area contributed by atoms with Crippen molar-refractivity contribution in [1.29, 1.82) is 0 Å². The van der Waals surface area contributed by atoms with E-state index >= 15 is 0 Å². The van der Waals surface area contributed by atoms with Crippen molar-refractivity contribution in [2.75, 3.05) is 12.0 Å². The first-order valence-corrected chi connectivity index (χ1v) is 10.5. The van der Waals surface area contributed by atoms with E-state index in [1.165, 1.54) is 4.90 Å². The van der Waals surface area contributed by atoms with Crippen molar-refractivity contribution >= 4 is 23.3 Å². The molecule has 2 heterocycles. The summed E-state index contributed by atoms with van der Waals surface area (Å²) in [5, 5.41) is 15.1. The molecule has 3 aromatic rings. The van der Waals surface area contributed by atoms with Gasteiger partial charge in [-0.1, -0.05) is 17.3 Å². The molecule has 1 amide bonds. The lowest BCUT2D eigenvalue weighted by Crippen LogP contribution is -2.29. The van der Waals surface area contributed by atoms with Gasteiger partial charge in [0.25, 0.3) is 5.78 Å². The van der Waals surface area contributed by atoms with Gasteiger partial charge in [-0.05, 0) is 62.7 Å². The number of hydrogen-bond donors (Lipinski definition) is 1. The number of ketones is 1. The number of benzene rings is 2. The fourth-order valence-corrected chi connectivity index (χ4v) is 3.76. The molecule has 0 unspecified atom stereocenters. The predicted octanol–water partition coefficient (Wildman–Crippen LogP) is 4.41. The number of aryl methyl sites for hydroxylation is 1. The van der Waals surface area contributed by atoms with E-state index in [1.54, 1.807) is 68.6 Å². The Balaban J connectivity index is 1.84. The van der Waals surface area contributed by atoms with Crippen LogP contribution in [0.5, 0.6) is 11.5 Å². The van der Waals surface area contributed by atoms with Gasteiger partial charge >= 0.3 is 5.91 Å². The normalized spacial score (nSPS) is 17.6. The van der Waals surface area contributed by atoms with Crippen LogP contribution in [0.15, 0.2) is 64.7 Å². The number of methoxy groups -OCH3 is 1. The Kier molecular flexibility index (Phi) is 5.91. The molecular weight excluding hydrogens is 424 g/mol. The lowest BCUT2D eigenvalue weighted by atomic mass is 9.95. The topological polar surface area (TPSA) is 102 Å². The molecule has 8 heteroatoms. The lowest BCUT2D eigenvalue weighted by molar-refractivity contribution is -0.132. The standard InChI is InChI=1S/C25H24N2O6/c1-14(2)32-19-11-7-17(8-12-19)23(28)21-22(16-5-9-18(31-4)10-6-16)27(25(30)24(21)29)20-13-15(3)33-26-20/h5-14,22,28H,1-4H3/t22-/m0/s1. The van der Waals surface area contributed by atoms with Crippen molar-refractivity contribution in [2.24, 2.45) is 0 Å². The van der Waals surface area contributed by atoms with Crippen LogP contribution in [0.2, 0.25) is 0 Å². The minimum atomic E-state index is -0.896. The lowest BCUT2D eigenvalue weighted by Gasteiger charge is -2.23. The molecule has 4 rings (SSSR count). The van der Waals surface area contributed by atoms with Crippen LogP contribution in [0.25, 0.3) is 5.76 Å². The van der Waals surface area contributed by atoms with Gasteiger partial charge in [0.15, 0.2) is 5.82 Å². The highest BCUT2D eigenvalue weighted by atomic mass is 16.5. The Labute approximate surface area is 191 Å². The molecule has 170 valence electrons. The van der Waals surface area contributed by atoms with Crippen LogP contribution in [-0.4, -0.2) is 35.2 Å². The average Bonchev–Trinajstić information content (AvgIpc) is 3.34. The highest BCUT2D eigenvalue weighted by molar-refractivity contribution is 6.51. The van der Waals surface area contributed by atoms with Crippen LogP contribution < -0.4 is 14.4 Å². The van der Waals surface area contributed by atoms with Crippen molar-refractivity contribution < 1.29 is 28.7 Å². The van der Waals surface area contributed by atoms with Gasteiger partial charge in [0.2, 0.25) is 0 Å². The summed E-state index contributed by atoms with van der Waals surface area (Å²) in [5.74, 6) is 0.0339. The minimum Gasteiger partial charge on any atom is -0.507 e. The monoisotopic (exact) mass is 448 g/mol. The Morgan fingerprint density at radius 2 is 1.70 bits per heavy atom. The van der Waals surface area contributed by atoms with E-state index < -0.39 is 17.7 Å². The van der Waals surface area contributed by atoms with Crippen LogP contribution in [0.4, 0.5) is 5.82 Å². The second-order valence-electron chi connectivity index (χ2n) is 7.93. The van der Waals surface area contributed by atoms with Crippen molar-refractivity contribution in [1.82, 2.24) is 5.16 Å². The molecule has 8 nitrogen and oxygen atoms in total. The first-order valence-electron chi connectivity index (χ1n) is 10.5.